The molecule has 0 saturated carbocycles. The Morgan fingerprint density at radius 3 is 2.56 bits per heavy atom. The van der Waals surface area contributed by atoms with Crippen LogP contribution in [0, 0.1) is 0 Å². The first kappa shape index (κ1) is 15.5. The van der Waals surface area contributed by atoms with Crippen LogP contribution < -0.4 is 14.4 Å². The van der Waals surface area contributed by atoms with E-state index in [4.69, 9.17) is 9.47 Å². The second kappa shape index (κ2) is 6.47. The van der Waals surface area contributed by atoms with E-state index in [1.807, 2.05) is 30.3 Å². The lowest BCUT2D eigenvalue weighted by molar-refractivity contribution is -0.118. The predicted molar refractivity (Wildman–Crippen MR) is 91.9 cm³/mol. The molecule has 1 saturated heterocycles. The van der Waals surface area contributed by atoms with Gasteiger partial charge in [0, 0.05) is 37.3 Å². The van der Waals surface area contributed by atoms with E-state index in [2.05, 4.69) is 0 Å². The SMILES string of the molecule is O=C(c1ccc2c(c1)OCO2)N1CCC(=O)N(c2ccccc2)CC1. The fourth-order valence-electron chi connectivity index (χ4n) is 3.12. The summed E-state index contributed by atoms with van der Waals surface area (Å²) in [7, 11) is 0. The number of carbonyl (C=O) groups excluding carboxylic acids is 2. The Kier molecular flexibility index (Phi) is 4.01. The largest absolute Gasteiger partial charge is 0.454 e. The Morgan fingerprint density at radius 2 is 1.72 bits per heavy atom. The fraction of sp³-hybridized carbons (Fsp3) is 0.263. The van der Waals surface area contributed by atoms with Crippen LogP contribution in [-0.2, 0) is 4.79 Å². The van der Waals surface area contributed by atoms with Gasteiger partial charge in [0.15, 0.2) is 11.5 Å². The maximum atomic E-state index is 12.8. The summed E-state index contributed by atoms with van der Waals surface area (Å²) in [5, 5.41) is 0. The predicted octanol–water partition coefficient (Wildman–Crippen LogP) is 2.29. The number of rotatable bonds is 2. The van der Waals surface area contributed by atoms with Crippen molar-refractivity contribution in [3.8, 4) is 11.5 Å². The quantitative estimate of drug-likeness (QED) is 0.843. The first-order chi connectivity index (χ1) is 12.2. The molecule has 6 heteroatoms. The third-order valence-corrected chi connectivity index (χ3v) is 4.46. The van der Waals surface area contributed by atoms with Gasteiger partial charge in [-0.25, -0.2) is 0 Å². The number of carbonyl (C=O) groups is 2. The highest BCUT2D eigenvalue weighted by atomic mass is 16.7. The van der Waals surface area contributed by atoms with Crippen LogP contribution in [0.2, 0.25) is 0 Å². The smallest absolute Gasteiger partial charge is 0.254 e. The zero-order valence-electron chi connectivity index (χ0n) is 13.7. The van der Waals surface area contributed by atoms with Crippen molar-refractivity contribution < 1.29 is 19.1 Å². The van der Waals surface area contributed by atoms with Gasteiger partial charge in [-0.3, -0.25) is 9.59 Å². The molecule has 25 heavy (non-hydrogen) atoms. The Labute approximate surface area is 145 Å². The fourth-order valence-corrected chi connectivity index (χ4v) is 3.12. The van der Waals surface area contributed by atoms with Gasteiger partial charge in [0.2, 0.25) is 12.7 Å². The number of hydrogen-bond donors (Lipinski definition) is 0. The van der Waals surface area contributed by atoms with Gasteiger partial charge >= 0.3 is 0 Å². The lowest BCUT2D eigenvalue weighted by Crippen LogP contribution is -2.35. The van der Waals surface area contributed by atoms with Crippen molar-refractivity contribution in [2.75, 3.05) is 31.3 Å². The summed E-state index contributed by atoms with van der Waals surface area (Å²) in [5.74, 6) is 1.17. The number of fused-ring (bicyclic) bond motifs is 1. The van der Waals surface area contributed by atoms with E-state index in [-0.39, 0.29) is 18.6 Å². The van der Waals surface area contributed by atoms with E-state index in [1.165, 1.54) is 0 Å². The van der Waals surface area contributed by atoms with Gasteiger partial charge in [0.05, 0.1) is 0 Å². The topological polar surface area (TPSA) is 59.1 Å². The molecule has 2 aliphatic heterocycles. The van der Waals surface area contributed by atoms with E-state index >= 15 is 0 Å². The van der Waals surface area contributed by atoms with Crippen LogP contribution in [-0.4, -0.2) is 43.1 Å². The number of amides is 2. The molecular formula is C19H18N2O4. The summed E-state index contributed by atoms with van der Waals surface area (Å²) >= 11 is 0. The molecule has 2 aromatic carbocycles. The van der Waals surface area contributed by atoms with Gasteiger partial charge < -0.3 is 19.3 Å². The summed E-state index contributed by atoms with van der Waals surface area (Å²) in [6.07, 6.45) is 0.311. The zero-order chi connectivity index (χ0) is 17.2. The standard InChI is InChI=1S/C19H18N2O4/c22-18-8-9-20(10-11-21(18)15-4-2-1-3-5-15)19(23)14-6-7-16-17(12-14)25-13-24-16/h1-7,12H,8-11,13H2. The summed E-state index contributed by atoms with van der Waals surface area (Å²) in [5.41, 5.74) is 1.41. The highest BCUT2D eigenvalue weighted by Crippen LogP contribution is 2.33. The van der Waals surface area contributed by atoms with Crippen LogP contribution >= 0.6 is 0 Å². The molecule has 0 aromatic heterocycles. The second-order valence-electron chi connectivity index (χ2n) is 5.99. The molecule has 0 spiro atoms. The number of hydrogen-bond acceptors (Lipinski definition) is 4. The Balaban J connectivity index is 1.50. The number of benzene rings is 2. The second-order valence-corrected chi connectivity index (χ2v) is 5.99. The van der Waals surface area contributed by atoms with E-state index in [0.717, 1.165) is 5.69 Å². The van der Waals surface area contributed by atoms with E-state index in [0.29, 0.717) is 43.1 Å². The summed E-state index contributed by atoms with van der Waals surface area (Å²) in [6, 6.07) is 14.7. The van der Waals surface area contributed by atoms with E-state index in [1.54, 1.807) is 28.0 Å². The minimum atomic E-state index is -0.0963. The third kappa shape index (κ3) is 3.03. The molecule has 4 rings (SSSR count). The molecule has 0 atom stereocenters. The Morgan fingerprint density at radius 1 is 0.920 bits per heavy atom. The van der Waals surface area contributed by atoms with Crippen LogP contribution in [0.5, 0.6) is 11.5 Å². The van der Waals surface area contributed by atoms with Gasteiger partial charge in [0.25, 0.3) is 5.91 Å². The lowest BCUT2D eigenvalue weighted by atomic mass is 10.1. The number of nitrogens with zero attached hydrogens (tertiary/aromatic N) is 2. The Hall–Kier alpha value is -3.02. The average molecular weight is 338 g/mol. The van der Waals surface area contributed by atoms with Gasteiger partial charge in [-0.15, -0.1) is 0 Å². The van der Waals surface area contributed by atoms with E-state index in [9.17, 15) is 9.59 Å². The lowest BCUT2D eigenvalue weighted by Gasteiger charge is -2.22. The normalized spacial score (nSPS) is 16.7. The van der Waals surface area contributed by atoms with Crippen molar-refractivity contribution in [3.63, 3.8) is 0 Å². The van der Waals surface area contributed by atoms with Crippen LogP contribution in [0.1, 0.15) is 16.8 Å². The highest BCUT2D eigenvalue weighted by molar-refractivity contribution is 5.97. The van der Waals surface area contributed by atoms with Crippen molar-refractivity contribution in [1.29, 1.82) is 0 Å². The molecule has 0 bridgehead atoms. The molecule has 0 aliphatic carbocycles. The summed E-state index contributed by atoms with van der Waals surface area (Å²) in [4.78, 5) is 28.7. The van der Waals surface area contributed by atoms with Crippen LogP contribution in [0.15, 0.2) is 48.5 Å². The van der Waals surface area contributed by atoms with E-state index < -0.39 is 0 Å². The monoisotopic (exact) mass is 338 g/mol. The molecule has 2 amide bonds. The molecule has 2 aromatic rings. The number of anilines is 1. The van der Waals surface area contributed by atoms with Gasteiger partial charge in [0.1, 0.15) is 0 Å². The van der Waals surface area contributed by atoms with Crippen molar-refractivity contribution in [2.45, 2.75) is 6.42 Å². The maximum Gasteiger partial charge on any atom is 0.254 e. The zero-order valence-corrected chi connectivity index (χ0v) is 13.7. The molecule has 2 heterocycles. The molecule has 0 radical (unpaired) electrons. The van der Waals surface area contributed by atoms with Crippen LogP contribution in [0.4, 0.5) is 5.69 Å². The molecule has 0 unspecified atom stereocenters. The number of para-hydroxylation sites is 1. The molecule has 1 fully saturated rings. The summed E-state index contributed by atoms with van der Waals surface area (Å²) in [6.45, 7) is 1.57. The van der Waals surface area contributed by atoms with Crippen LogP contribution in [0.25, 0.3) is 0 Å². The molecule has 6 nitrogen and oxygen atoms in total. The van der Waals surface area contributed by atoms with Gasteiger partial charge in [-0.05, 0) is 30.3 Å². The van der Waals surface area contributed by atoms with Gasteiger partial charge in [-0.1, -0.05) is 18.2 Å². The van der Waals surface area contributed by atoms with Crippen LogP contribution in [0.3, 0.4) is 0 Å². The highest BCUT2D eigenvalue weighted by Gasteiger charge is 2.26. The molecule has 2 aliphatic rings. The first-order valence-electron chi connectivity index (χ1n) is 8.27. The minimum absolute atomic E-state index is 0.0344. The minimum Gasteiger partial charge on any atom is -0.454 e. The van der Waals surface area contributed by atoms with Crippen molar-refractivity contribution in [3.05, 3.63) is 54.1 Å². The van der Waals surface area contributed by atoms with Crippen molar-refractivity contribution in [2.24, 2.45) is 0 Å². The van der Waals surface area contributed by atoms with Gasteiger partial charge in [-0.2, -0.15) is 0 Å². The molecular weight excluding hydrogens is 320 g/mol. The third-order valence-electron chi connectivity index (χ3n) is 4.46. The van der Waals surface area contributed by atoms with Crippen molar-refractivity contribution in [1.82, 2.24) is 4.90 Å². The molecule has 128 valence electrons. The maximum absolute atomic E-state index is 12.8. The number of ether oxygens (including phenoxy) is 2. The molecule has 0 N–H and O–H groups in total. The summed E-state index contributed by atoms with van der Waals surface area (Å²) < 4.78 is 10.6. The van der Waals surface area contributed by atoms with Crippen molar-refractivity contribution >= 4 is 17.5 Å². The average Bonchev–Trinajstić information content (AvgIpc) is 3.03. The first-order valence-corrected chi connectivity index (χ1v) is 8.27. The Bertz CT molecular complexity index is 806.